The molecule has 0 aromatic carbocycles. The SMILES string of the molecule is CN(C)C1=P(O)(O)C(O)(P(=O)(O)O)C1. The Kier molecular flexibility index (Phi) is 2.77. The first-order valence-electron chi connectivity index (χ1n) is 3.70. The Morgan fingerprint density at radius 2 is 1.86 bits per heavy atom. The Morgan fingerprint density at radius 1 is 1.43 bits per heavy atom. The summed E-state index contributed by atoms with van der Waals surface area (Å²) in [5, 5.41) is 6.75. The normalized spacial score (nSPS) is 31.9. The molecule has 0 radical (unpaired) electrons. The molecule has 0 amide bonds. The summed E-state index contributed by atoms with van der Waals surface area (Å²) in [6.45, 7) is 0. The van der Waals surface area contributed by atoms with E-state index < -0.39 is 26.4 Å². The first-order chi connectivity index (χ1) is 6.04. The zero-order valence-corrected chi connectivity index (χ0v) is 9.48. The first kappa shape index (κ1) is 12.4. The molecule has 0 spiro atoms. The largest absolute Gasteiger partial charge is 0.370 e. The molecule has 7 nitrogen and oxygen atoms in total. The molecule has 14 heavy (non-hydrogen) atoms. The maximum absolute atomic E-state index is 10.8. The lowest BCUT2D eigenvalue weighted by molar-refractivity contribution is 0.139. The second kappa shape index (κ2) is 3.14. The molecule has 1 atom stereocenters. The van der Waals surface area contributed by atoms with Gasteiger partial charge < -0.3 is 24.7 Å². The molecule has 0 aromatic rings. The van der Waals surface area contributed by atoms with Gasteiger partial charge in [0, 0.05) is 11.8 Å². The van der Waals surface area contributed by atoms with Crippen molar-refractivity contribution in [2.24, 2.45) is 0 Å². The van der Waals surface area contributed by atoms with E-state index in [-0.39, 0.29) is 5.42 Å². The fraction of sp³-hybridized carbons (Fsp3) is 0.800. The Morgan fingerprint density at radius 3 is 2.07 bits per heavy atom. The minimum absolute atomic E-state index is 0.0725. The quantitative estimate of drug-likeness (QED) is 0.385. The molecule has 0 bridgehead atoms. The van der Waals surface area contributed by atoms with Crippen molar-refractivity contribution in [2.75, 3.05) is 14.1 Å². The molecule has 0 fully saturated rings. The zero-order valence-electron chi connectivity index (χ0n) is 7.69. The van der Waals surface area contributed by atoms with Crippen LogP contribution in [-0.4, -0.2) is 54.2 Å². The highest BCUT2D eigenvalue weighted by Crippen LogP contribution is 2.76. The van der Waals surface area contributed by atoms with Gasteiger partial charge in [-0.2, -0.15) is 0 Å². The van der Waals surface area contributed by atoms with Gasteiger partial charge in [-0.05, 0) is 14.1 Å². The smallest absolute Gasteiger partial charge is 0.366 e. The van der Waals surface area contributed by atoms with Crippen molar-refractivity contribution < 1.29 is 29.2 Å². The number of nitrogens with zero attached hydrogens (tertiary/aromatic N) is 1. The van der Waals surface area contributed by atoms with E-state index in [1.165, 1.54) is 19.0 Å². The number of hydrogen-bond donors (Lipinski definition) is 5. The van der Waals surface area contributed by atoms with Crippen LogP contribution in [0.25, 0.3) is 0 Å². The van der Waals surface area contributed by atoms with Gasteiger partial charge in [-0.25, -0.2) is 0 Å². The van der Waals surface area contributed by atoms with Crippen LogP contribution >= 0.6 is 14.9 Å². The summed E-state index contributed by atoms with van der Waals surface area (Å²) < 4.78 is 10.8. The molecule has 1 unspecified atom stereocenters. The molecule has 0 saturated heterocycles. The van der Waals surface area contributed by atoms with Gasteiger partial charge in [0.2, 0.25) is 5.08 Å². The second-order valence-corrected chi connectivity index (χ2v) is 8.05. The average Bonchev–Trinajstić information content (AvgIpc) is 1.96. The van der Waals surface area contributed by atoms with Crippen LogP contribution in [-0.2, 0) is 4.57 Å². The molecule has 1 heterocycles. The maximum atomic E-state index is 10.8. The van der Waals surface area contributed by atoms with Crippen molar-refractivity contribution in [1.82, 2.24) is 4.90 Å². The van der Waals surface area contributed by atoms with E-state index in [2.05, 4.69) is 0 Å². The minimum atomic E-state index is -4.92. The van der Waals surface area contributed by atoms with Crippen molar-refractivity contribution in [3.05, 3.63) is 0 Å². The van der Waals surface area contributed by atoms with Crippen LogP contribution in [0.2, 0.25) is 0 Å². The summed E-state index contributed by atoms with van der Waals surface area (Å²) in [4.78, 5) is 37.8. The van der Waals surface area contributed by atoms with E-state index in [1.54, 1.807) is 0 Å². The first-order valence-corrected chi connectivity index (χ1v) is 7.01. The van der Waals surface area contributed by atoms with Gasteiger partial charge in [-0.3, -0.25) is 9.46 Å². The summed E-state index contributed by atoms with van der Waals surface area (Å²) in [6, 6.07) is 0. The second-order valence-electron chi connectivity index (χ2n) is 3.41. The van der Waals surface area contributed by atoms with Crippen LogP contribution in [0.4, 0.5) is 0 Å². The standard InChI is InChI=1S/C5H13NO6P2/c1-6(2)4-3-5(7,13(4,8)9)14(10,11)12/h7-9H,3H2,1-2H3,(H2,10,11,12). The average molecular weight is 245 g/mol. The lowest BCUT2D eigenvalue weighted by Gasteiger charge is -2.46. The fourth-order valence-electron chi connectivity index (χ4n) is 1.27. The molecule has 1 rings (SSSR count). The Hall–Kier alpha value is 0.290. The Labute approximate surface area is 80.9 Å². The van der Waals surface area contributed by atoms with Gasteiger partial charge in [0.1, 0.15) is 0 Å². The highest BCUT2D eigenvalue weighted by molar-refractivity contribution is 7.81. The molecule has 1 aliphatic heterocycles. The highest BCUT2D eigenvalue weighted by Gasteiger charge is 2.64. The van der Waals surface area contributed by atoms with E-state index in [4.69, 9.17) is 9.79 Å². The van der Waals surface area contributed by atoms with Crippen LogP contribution in [0.5, 0.6) is 0 Å². The summed E-state index contributed by atoms with van der Waals surface area (Å²) in [5.74, 6) is 0. The third-order valence-corrected chi connectivity index (χ3v) is 7.38. The van der Waals surface area contributed by atoms with Crippen molar-refractivity contribution in [3.63, 3.8) is 0 Å². The number of aliphatic hydroxyl groups is 1. The van der Waals surface area contributed by atoms with E-state index in [9.17, 15) is 19.5 Å². The molecule has 0 aromatic heterocycles. The molecule has 0 saturated carbocycles. The molecular formula is C5H13NO6P2. The van der Waals surface area contributed by atoms with Gasteiger partial charge in [-0.1, -0.05) is 0 Å². The summed E-state index contributed by atoms with van der Waals surface area (Å²) in [7, 11) is -5.99. The van der Waals surface area contributed by atoms with Gasteiger partial charge in [0.05, 0.1) is 0 Å². The zero-order chi connectivity index (χ0) is 11.4. The van der Waals surface area contributed by atoms with Gasteiger partial charge in [0.25, 0.3) is 0 Å². The lowest BCUT2D eigenvalue weighted by atomic mass is 10.4. The van der Waals surface area contributed by atoms with Gasteiger partial charge >= 0.3 is 7.60 Å². The third-order valence-electron chi connectivity index (χ3n) is 2.24. The third kappa shape index (κ3) is 1.41. The predicted octanol–water partition coefficient (Wildman–Crippen LogP) is -1.26. The summed E-state index contributed by atoms with van der Waals surface area (Å²) in [5.41, 5.74) is 0.0725. The number of rotatable bonds is 2. The monoisotopic (exact) mass is 245 g/mol. The van der Waals surface area contributed by atoms with Crippen LogP contribution in [0.1, 0.15) is 6.42 Å². The summed E-state index contributed by atoms with van der Waals surface area (Å²) >= 11 is 0. The molecule has 84 valence electrons. The van der Waals surface area contributed by atoms with E-state index in [0.717, 1.165) is 0 Å². The Bertz CT molecular complexity index is 353. The highest BCUT2D eigenvalue weighted by atomic mass is 31.2. The molecule has 1 aliphatic rings. The number of hydrogen-bond acceptors (Lipinski definition) is 5. The van der Waals surface area contributed by atoms with Crippen LogP contribution in [0.15, 0.2) is 0 Å². The maximum Gasteiger partial charge on any atom is 0.366 e. The molecule has 9 heteroatoms. The fourth-order valence-corrected chi connectivity index (χ4v) is 5.07. The molecule has 5 N–H and O–H groups in total. The van der Waals surface area contributed by atoms with E-state index in [0.29, 0.717) is 0 Å². The van der Waals surface area contributed by atoms with Gasteiger partial charge in [0.15, 0.2) is 7.34 Å². The van der Waals surface area contributed by atoms with Crippen molar-refractivity contribution in [1.29, 1.82) is 0 Å². The predicted molar refractivity (Wildman–Crippen MR) is 51.7 cm³/mol. The van der Waals surface area contributed by atoms with Crippen LogP contribution in [0, 0.1) is 0 Å². The minimum Gasteiger partial charge on any atom is -0.370 e. The van der Waals surface area contributed by atoms with Gasteiger partial charge in [-0.15, -0.1) is 0 Å². The van der Waals surface area contributed by atoms with Crippen LogP contribution < -0.4 is 0 Å². The topological polar surface area (TPSA) is 121 Å². The van der Waals surface area contributed by atoms with E-state index in [1.807, 2.05) is 0 Å². The van der Waals surface area contributed by atoms with E-state index >= 15 is 0 Å². The van der Waals surface area contributed by atoms with Crippen molar-refractivity contribution in [2.45, 2.75) is 11.5 Å². The van der Waals surface area contributed by atoms with Crippen molar-refractivity contribution in [3.8, 4) is 0 Å². The van der Waals surface area contributed by atoms with Crippen molar-refractivity contribution >= 4 is 20.4 Å². The summed E-state index contributed by atoms with van der Waals surface area (Å²) in [6.07, 6.45) is -0.412. The Balaban J connectivity index is 3.24. The molecular weight excluding hydrogens is 232 g/mol. The van der Waals surface area contributed by atoms with Crippen LogP contribution in [0.3, 0.4) is 0 Å². The lowest BCUT2D eigenvalue weighted by Crippen LogP contribution is -2.47. The molecule has 0 aliphatic carbocycles.